The molecule has 4 atom stereocenters. The molecule has 0 aliphatic heterocycles. The number of carbonyl (C=O) groups is 9. The van der Waals surface area contributed by atoms with Crippen LogP contribution in [0, 0.1) is 0 Å². The van der Waals surface area contributed by atoms with Gasteiger partial charge in [-0.25, -0.2) is 0 Å². The average molecular weight is 655 g/mol. The minimum absolute atomic E-state index is 0.211. The smallest absolute Gasteiger partial charge is 0.322 e. The molecule has 0 saturated heterocycles. The summed E-state index contributed by atoms with van der Waals surface area (Å²) in [6.45, 7) is -1.53. The zero-order chi connectivity index (χ0) is 33.1. The molecule has 43 heavy (non-hydrogen) atoms. The van der Waals surface area contributed by atoms with Crippen molar-refractivity contribution in [1.82, 2.24) is 21.3 Å². The van der Waals surface area contributed by atoms with Gasteiger partial charge in [0.25, 0.3) is 0 Å². The number of nitrogens with two attached hydrogens (primary N) is 2. The SMILES string of the molecule is N[C@@H](CCC(=O)N[C@@H](CSC(=O)CSC[C@@H](NC(=O)CC[C@H](N)C(=O)O)C(=O)NCC(=O)O)C(=O)NCC(=O)O)C(=O)O. The van der Waals surface area contributed by atoms with Crippen molar-refractivity contribution in [2.75, 3.05) is 30.3 Å². The number of hydrogen-bond acceptors (Lipinski definition) is 13. The first-order chi connectivity index (χ1) is 20.0. The molecule has 0 aromatic heterocycles. The minimum atomic E-state index is -1.38. The van der Waals surface area contributed by atoms with Crippen LogP contribution in [0.1, 0.15) is 25.7 Å². The van der Waals surface area contributed by atoms with Crippen LogP contribution in [0.25, 0.3) is 0 Å². The fourth-order valence-corrected chi connectivity index (χ4v) is 4.69. The Bertz CT molecular complexity index is 1060. The second kappa shape index (κ2) is 20.9. The second-order valence-electron chi connectivity index (χ2n) is 8.63. The molecule has 0 fully saturated rings. The zero-order valence-electron chi connectivity index (χ0n) is 22.6. The third kappa shape index (κ3) is 19.0. The van der Waals surface area contributed by atoms with Gasteiger partial charge in [0.2, 0.25) is 23.6 Å². The van der Waals surface area contributed by atoms with Crippen LogP contribution in [-0.4, -0.2) is 128 Å². The maximum absolute atomic E-state index is 12.4. The number of amides is 4. The summed E-state index contributed by atoms with van der Waals surface area (Å²) in [6.07, 6.45) is -1.21. The van der Waals surface area contributed by atoms with Crippen LogP contribution in [0.2, 0.25) is 0 Å². The van der Waals surface area contributed by atoms with Crippen LogP contribution in [-0.2, 0) is 43.2 Å². The van der Waals surface area contributed by atoms with E-state index in [2.05, 4.69) is 21.3 Å². The highest BCUT2D eigenvalue weighted by Gasteiger charge is 2.25. The number of carboxylic acid groups (broad SMARTS) is 4. The molecule has 0 saturated carbocycles. The summed E-state index contributed by atoms with van der Waals surface area (Å²) in [5.74, 6) is -9.56. The van der Waals surface area contributed by atoms with Gasteiger partial charge in [-0.3, -0.25) is 43.2 Å². The van der Waals surface area contributed by atoms with Crippen LogP contribution in [0.3, 0.4) is 0 Å². The summed E-state index contributed by atoms with van der Waals surface area (Å²) >= 11 is 1.44. The molecule has 0 aromatic rings. The van der Waals surface area contributed by atoms with E-state index >= 15 is 0 Å². The monoisotopic (exact) mass is 654 g/mol. The highest BCUT2D eigenvalue weighted by atomic mass is 32.2. The third-order valence-electron chi connectivity index (χ3n) is 5.05. The van der Waals surface area contributed by atoms with Gasteiger partial charge in [0, 0.05) is 24.3 Å². The van der Waals surface area contributed by atoms with E-state index in [0.29, 0.717) is 11.8 Å². The van der Waals surface area contributed by atoms with Gasteiger partial charge in [-0.15, -0.1) is 0 Å². The highest BCUT2D eigenvalue weighted by molar-refractivity contribution is 8.15. The van der Waals surface area contributed by atoms with Gasteiger partial charge in [-0.05, 0) is 12.8 Å². The number of nitrogens with one attached hydrogen (secondary N) is 4. The van der Waals surface area contributed by atoms with Gasteiger partial charge in [0.15, 0.2) is 5.12 Å². The molecule has 12 N–H and O–H groups in total. The van der Waals surface area contributed by atoms with Crippen LogP contribution in [0.4, 0.5) is 0 Å². The quantitative estimate of drug-likeness (QED) is 0.0528. The van der Waals surface area contributed by atoms with E-state index in [4.69, 9.17) is 31.9 Å². The fourth-order valence-electron chi connectivity index (χ4n) is 2.77. The number of carboxylic acids is 4. The zero-order valence-corrected chi connectivity index (χ0v) is 24.2. The van der Waals surface area contributed by atoms with E-state index in [9.17, 15) is 43.2 Å². The standard InChI is InChI=1S/C22H34N6O13S2/c23-10(21(38)39)1-3-14(29)27-12(19(36)25-5-16(31)32)7-42-9-18(35)43-8-13(20(37)26-6-17(33)34)28-15(30)4-2-11(24)22(40)41/h10-13H,1-9,23-24H2,(H,25,36)(H,26,37)(H,27,29)(H,28,30)(H,31,32)(H,33,34)(H,38,39)(H,40,41)/t10-,11-,12+,13-/m0/s1. The Hall–Kier alpha value is -3.95. The summed E-state index contributed by atoms with van der Waals surface area (Å²) in [6, 6.07) is -5.34. The Morgan fingerprint density at radius 1 is 0.628 bits per heavy atom. The van der Waals surface area contributed by atoms with E-state index in [-0.39, 0.29) is 42.9 Å². The van der Waals surface area contributed by atoms with Gasteiger partial charge in [0.1, 0.15) is 37.3 Å². The molecule has 0 aliphatic rings. The molecule has 0 aromatic carbocycles. The molecule has 0 bridgehead atoms. The summed E-state index contributed by atoms with van der Waals surface area (Å²) < 4.78 is 0. The van der Waals surface area contributed by atoms with Gasteiger partial charge in [0.05, 0.1) is 5.75 Å². The van der Waals surface area contributed by atoms with Crippen molar-refractivity contribution in [2.45, 2.75) is 49.9 Å². The van der Waals surface area contributed by atoms with Crippen molar-refractivity contribution in [3.8, 4) is 0 Å². The van der Waals surface area contributed by atoms with Crippen LogP contribution >= 0.6 is 23.5 Å². The predicted molar refractivity (Wildman–Crippen MR) is 150 cm³/mol. The van der Waals surface area contributed by atoms with E-state index < -0.39 is 89.9 Å². The van der Waals surface area contributed by atoms with Gasteiger partial charge < -0.3 is 53.2 Å². The first-order valence-electron chi connectivity index (χ1n) is 12.3. The minimum Gasteiger partial charge on any atom is -0.480 e. The lowest BCUT2D eigenvalue weighted by atomic mass is 10.1. The molecule has 0 rings (SSSR count). The van der Waals surface area contributed by atoms with E-state index in [1.165, 1.54) is 0 Å². The first kappa shape index (κ1) is 39.0. The van der Waals surface area contributed by atoms with Crippen molar-refractivity contribution in [3.05, 3.63) is 0 Å². The van der Waals surface area contributed by atoms with Crippen molar-refractivity contribution in [1.29, 1.82) is 0 Å². The number of aliphatic carboxylic acids is 4. The van der Waals surface area contributed by atoms with E-state index in [1.807, 2.05) is 0 Å². The van der Waals surface area contributed by atoms with Gasteiger partial charge >= 0.3 is 23.9 Å². The normalized spacial score (nSPS) is 13.3. The molecule has 0 unspecified atom stereocenters. The number of carbonyl (C=O) groups excluding carboxylic acids is 5. The van der Waals surface area contributed by atoms with Crippen molar-refractivity contribution in [2.24, 2.45) is 11.5 Å². The Labute approximate surface area is 252 Å². The van der Waals surface area contributed by atoms with Crippen molar-refractivity contribution < 1.29 is 63.6 Å². The summed E-state index contributed by atoms with van der Waals surface area (Å²) in [5, 5.41) is 43.4. The molecule has 21 heteroatoms. The molecule has 19 nitrogen and oxygen atoms in total. The Kier molecular flexibility index (Phi) is 18.9. The largest absolute Gasteiger partial charge is 0.480 e. The second-order valence-corrected chi connectivity index (χ2v) is 10.7. The fraction of sp³-hybridized carbons (Fsp3) is 0.591. The van der Waals surface area contributed by atoms with Crippen molar-refractivity contribution in [3.63, 3.8) is 0 Å². The Morgan fingerprint density at radius 2 is 1.02 bits per heavy atom. The maximum Gasteiger partial charge on any atom is 0.322 e. The van der Waals surface area contributed by atoms with Crippen LogP contribution in [0.5, 0.6) is 0 Å². The lowest BCUT2D eigenvalue weighted by molar-refractivity contribution is -0.140. The van der Waals surface area contributed by atoms with Crippen LogP contribution < -0.4 is 32.7 Å². The molecule has 0 aliphatic carbocycles. The molecule has 0 heterocycles. The maximum atomic E-state index is 12.4. The lowest BCUT2D eigenvalue weighted by Crippen LogP contribution is -2.50. The highest BCUT2D eigenvalue weighted by Crippen LogP contribution is 2.13. The lowest BCUT2D eigenvalue weighted by Gasteiger charge is -2.19. The Balaban J connectivity index is 5.12. The van der Waals surface area contributed by atoms with Crippen LogP contribution in [0.15, 0.2) is 0 Å². The topological polar surface area (TPSA) is 335 Å². The molecular formula is C22H34N6O13S2. The molecular weight excluding hydrogens is 620 g/mol. The number of hydrogen-bond donors (Lipinski definition) is 10. The summed E-state index contributed by atoms with van der Waals surface area (Å²) in [4.78, 5) is 105. The average Bonchev–Trinajstić information content (AvgIpc) is 2.93. The third-order valence-corrected chi connectivity index (χ3v) is 7.23. The predicted octanol–water partition coefficient (Wildman–Crippen LogP) is -4.27. The molecule has 242 valence electrons. The van der Waals surface area contributed by atoms with Gasteiger partial charge in [-0.1, -0.05) is 11.8 Å². The van der Waals surface area contributed by atoms with E-state index in [0.717, 1.165) is 11.8 Å². The summed E-state index contributed by atoms with van der Waals surface area (Å²) in [5.41, 5.74) is 10.7. The molecule has 0 spiro atoms. The van der Waals surface area contributed by atoms with Crippen molar-refractivity contribution >= 4 is 76.1 Å². The number of rotatable bonds is 22. The number of thioether (sulfide) groups is 2. The first-order valence-corrected chi connectivity index (χ1v) is 14.4. The van der Waals surface area contributed by atoms with Gasteiger partial charge in [-0.2, -0.15) is 11.8 Å². The summed E-state index contributed by atoms with van der Waals surface area (Å²) in [7, 11) is 0. The Morgan fingerprint density at radius 3 is 1.40 bits per heavy atom. The van der Waals surface area contributed by atoms with E-state index in [1.54, 1.807) is 0 Å². The molecule has 0 radical (unpaired) electrons. The molecule has 4 amide bonds.